The molecule has 0 unspecified atom stereocenters. The fourth-order valence-electron chi connectivity index (χ4n) is 2.46. The van der Waals surface area contributed by atoms with E-state index in [9.17, 15) is 18.0 Å². The van der Waals surface area contributed by atoms with Crippen LogP contribution in [0.1, 0.15) is 21.6 Å². The van der Waals surface area contributed by atoms with Gasteiger partial charge in [-0.1, -0.05) is 23.9 Å². The number of thioether (sulfide) groups is 1. The summed E-state index contributed by atoms with van der Waals surface area (Å²) in [7, 11) is 0. The number of fused-ring (bicyclic) bond motifs is 1. The summed E-state index contributed by atoms with van der Waals surface area (Å²) < 4.78 is 37.7. The van der Waals surface area contributed by atoms with E-state index < -0.39 is 11.7 Å². The number of nitrogens with one attached hydrogen (secondary N) is 1. The number of benzene rings is 1. The summed E-state index contributed by atoms with van der Waals surface area (Å²) in [5.41, 5.74) is 1.01. The Bertz CT molecular complexity index is 968. The molecule has 0 spiro atoms. The van der Waals surface area contributed by atoms with Gasteiger partial charge in [0, 0.05) is 16.8 Å². The Balaban J connectivity index is 1.58. The third-order valence-corrected chi connectivity index (χ3v) is 6.15. The number of alkyl halides is 3. The fourth-order valence-corrected chi connectivity index (χ4v) is 4.40. The maximum Gasteiger partial charge on any atom is 0.416 e. The van der Waals surface area contributed by atoms with E-state index in [1.807, 2.05) is 13.8 Å². The van der Waals surface area contributed by atoms with Gasteiger partial charge in [0.1, 0.15) is 16.2 Å². The van der Waals surface area contributed by atoms with Gasteiger partial charge >= 0.3 is 6.18 Å². The van der Waals surface area contributed by atoms with Crippen LogP contribution in [0.25, 0.3) is 10.2 Å². The van der Waals surface area contributed by atoms with E-state index in [2.05, 4.69) is 15.3 Å². The van der Waals surface area contributed by atoms with Gasteiger partial charge < -0.3 is 5.32 Å². The summed E-state index contributed by atoms with van der Waals surface area (Å²) in [6, 6.07) is 4.74. The van der Waals surface area contributed by atoms with Gasteiger partial charge in [0.05, 0.1) is 11.3 Å². The highest BCUT2D eigenvalue weighted by molar-refractivity contribution is 8.00. The summed E-state index contributed by atoms with van der Waals surface area (Å²) in [4.78, 5) is 22.7. The molecule has 0 atom stereocenters. The van der Waals surface area contributed by atoms with Crippen molar-refractivity contribution < 1.29 is 18.0 Å². The Morgan fingerprint density at radius 3 is 2.56 bits per heavy atom. The van der Waals surface area contributed by atoms with Gasteiger partial charge in [0.2, 0.25) is 5.91 Å². The Labute approximate surface area is 162 Å². The normalized spacial score (nSPS) is 11.7. The lowest BCUT2D eigenvalue weighted by atomic mass is 10.1. The van der Waals surface area contributed by atoms with Crippen molar-refractivity contribution in [2.24, 2.45) is 0 Å². The number of halogens is 3. The molecule has 0 aliphatic carbocycles. The molecule has 1 N–H and O–H groups in total. The third-order valence-electron chi connectivity index (χ3n) is 4.04. The van der Waals surface area contributed by atoms with Crippen LogP contribution in [0.3, 0.4) is 0 Å². The molecule has 0 aliphatic heterocycles. The monoisotopic (exact) mass is 411 g/mol. The van der Waals surface area contributed by atoms with Crippen LogP contribution in [0.4, 0.5) is 13.2 Å². The molecule has 2 heterocycles. The molecule has 0 saturated heterocycles. The minimum absolute atomic E-state index is 0.168. The second-order valence-corrected chi connectivity index (χ2v) is 8.07. The van der Waals surface area contributed by atoms with Crippen LogP contribution in [0.2, 0.25) is 0 Å². The number of thiophene rings is 1. The average Bonchev–Trinajstić information content (AvgIpc) is 2.92. The Morgan fingerprint density at radius 1 is 1.19 bits per heavy atom. The molecule has 142 valence electrons. The van der Waals surface area contributed by atoms with Crippen LogP contribution in [0.15, 0.2) is 35.6 Å². The number of carbonyl (C=O) groups is 1. The van der Waals surface area contributed by atoms with E-state index >= 15 is 0 Å². The number of rotatable bonds is 5. The summed E-state index contributed by atoms with van der Waals surface area (Å²) in [6.45, 7) is 4.20. The quantitative estimate of drug-likeness (QED) is 0.487. The molecule has 0 radical (unpaired) electrons. The van der Waals surface area contributed by atoms with E-state index in [0.29, 0.717) is 5.56 Å². The van der Waals surface area contributed by atoms with E-state index in [-0.39, 0.29) is 18.2 Å². The van der Waals surface area contributed by atoms with Crippen LogP contribution in [0.5, 0.6) is 0 Å². The topological polar surface area (TPSA) is 54.9 Å². The standard InChI is InChI=1S/C18H16F3N3OS2/c1-10-11(2)27-17-15(10)16(23-9-24-17)26-8-14(25)22-7-12-3-5-13(6-4-12)18(19,20)21/h3-6,9H,7-8H2,1-2H3,(H,22,25). The van der Waals surface area contributed by atoms with Crippen molar-refractivity contribution in [1.29, 1.82) is 0 Å². The second-order valence-electron chi connectivity index (χ2n) is 5.90. The Morgan fingerprint density at radius 2 is 1.89 bits per heavy atom. The van der Waals surface area contributed by atoms with Gasteiger partial charge in [-0.2, -0.15) is 13.2 Å². The molecule has 1 aromatic carbocycles. The van der Waals surface area contributed by atoms with Gasteiger partial charge in [-0.05, 0) is 37.1 Å². The summed E-state index contributed by atoms with van der Waals surface area (Å²) in [5.74, 6) is -0.0441. The molecule has 0 fully saturated rings. The molecule has 0 saturated carbocycles. The minimum Gasteiger partial charge on any atom is -0.351 e. The molecule has 0 aliphatic rings. The number of aromatic nitrogens is 2. The maximum atomic E-state index is 12.6. The predicted octanol–water partition coefficient (Wildman–Crippen LogP) is 4.74. The van der Waals surface area contributed by atoms with E-state index in [4.69, 9.17) is 0 Å². The maximum absolute atomic E-state index is 12.6. The first-order valence-corrected chi connectivity index (χ1v) is 9.82. The van der Waals surface area contributed by atoms with Gasteiger partial charge in [-0.25, -0.2) is 9.97 Å². The number of hydrogen-bond acceptors (Lipinski definition) is 5. The first-order valence-electron chi connectivity index (χ1n) is 8.02. The highest BCUT2D eigenvalue weighted by Gasteiger charge is 2.29. The molecular formula is C18H16F3N3OS2. The van der Waals surface area contributed by atoms with Gasteiger partial charge in [0.25, 0.3) is 0 Å². The molecule has 3 aromatic rings. The molecule has 3 rings (SSSR count). The molecular weight excluding hydrogens is 395 g/mol. The van der Waals surface area contributed by atoms with Crippen LogP contribution < -0.4 is 5.32 Å². The third kappa shape index (κ3) is 4.59. The number of hydrogen-bond donors (Lipinski definition) is 1. The molecule has 2 aromatic heterocycles. The first-order chi connectivity index (χ1) is 12.8. The van der Waals surface area contributed by atoms with Crippen molar-refractivity contribution in [2.75, 3.05) is 5.75 Å². The van der Waals surface area contributed by atoms with E-state index in [0.717, 1.165) is 32.9 Å². The molecule has 0 bridgehead atoms. The molecule has 9 heteroatoms. The van der Waals surface area contributed by atoms with Crippen LogP contribution in [-0.2, 0) is 17.5 Å². The second kappa shape index (κ2) is 7.85. The van der Waals surface area contributed by atoms with E-state index in [1.54, 1.807) is 11.3 Å². The number of aryl methyl sites for hydroxylation is 2. The van der Waals surface area contributed by atoms with Crippen molar-refractivity contribution in [3.05, 3.63) is 52.2 Å². The van der Waals surface area contributed by atoms with Crippen molar-refractivity contribution in [3.63, 3.8) is 0 Å². The van der Waals surface area contributed by atoms with Gasteiger partial charge in [-0.3, -0.25) is 4.79 Å². The van der Waals surface area contributed by atoms with Crippen molar-refractivity contribution >= 4 is 39.2 Å². The SMILES string of the molecule is Cc1sc2ncnc(SCC(=O)NCc3ccc(C(F)(F)F)cc3)c2c1C. The number of nitrogens with zero attached hydrogens (tertiary/aromatic N) is 2. The van der Waals surface area contributed by atoms with E-state index in [1.165, 1.54) is 35.1 Å². The Hall–Kier alpha value is -2.13. The molecule has 4 nitrogen and oxygen atoms in total. The lowest BCUT2D eigenvalue weighted by molar-refractivity contribution is -0.137. The highest BCUT2D eigenvalue weighted by Crippen LogP contribution is 2.34. The van der Waals surface area contributed by atoms with Gasteiger partial charge in [0.15, 0.2) is 0 Å². The fraction of sp³-hybridized carbons (Fsp3) is 0.278. The van der Waals surface area contributed by atoms with Crippen molar-refractivity contribution in [3.8, 4) is 0 Å². The van der Waals surface area contributed by atoms with Crippen LogP contribution >= 0.6 is 23.1 Å². The van der Waals surface area contributed by atoms with Crippen molar-refractivity contribution in [1.82, 2.24) is 15.3 Å². The summed E-state index contributed by atoms with van der Waals surface area (Å²) >= 11 is 2.91. The Kier molecular flexibility index (Phi) is 5.71. The highest BCUT2D eigenvalue weighted by atomic mass is 32.2. The average molecular weight is 411 g/mol. The predicted molar refractivity (Wildman–Crippen MR) is 101 cm³/mol. The zero-order chi connectivity index (χ0) is 19.6. The number of amides is 1. The van der Waals surface area contributed by atoms with Gasteiger partial charge in [-0.15, -0.1) is 11.3 Å². The molecule has 27 heavy (non-hydrogen) atoms. The zero-order valence-corrected chi connectivity index (χ0v) is 16.2. The lowest BCUT2D eigenvalue weighted by Gasteiger charge is -2.09. The summed E-state index contributed by atoms with van der Waals surface area (Å²) in [5, 5.41) is 4.44. The van der Waals surface area contributed by atoms with Crippen molar-refractivity contribution in [2.45, 2.75) is 31.6 Å². The summed E-state index contributed by atoms with van der Waals surface area (Å²) in [6.07, 6.45) is -2.88. The first kappa shape index (κ1) is 19.6. The smallest absolute Gasteiger partial charge is 0.351 e. The van der Waals surface area contributed by atoms with Crippen LogP contribution in [-0.4, -0.2) is 21.6 Å². The van der Waals surface area contributed by atoms with Crippen LogP contribution in [0, 0.1) is 13.8 Å². The lowest BCUT2D eigenvalue weighted by Crippen LogP contribution is -2.24. The largest absolute Gasteiger partial charge is 0.416 e. The minimum atomic E-state index is -4.36. The number of carbonyl (C=O) groups excluding carboxylic acids is 1. The zero-order valence-electron chi connectivity index (χ0n) is 14.6. The molecule has 1 amide bonds.